The number of hydrogen-bond donors (Lipinski definition) is 1. The van der Waals surface area contributed by atoms with Crippen LogP contribution in [0, 0.1) is 11.8 Å². The van der Waals surface area contributed by atoms with Crippen LogP contribution >= 0.6 is 9.47 Å². The van der Waals surface area contributed by atoms with Gasteiger partial charge >= 0.3 is 5.97 Å². The van der Waals surface area contributed by atoms with Gasteiger partial charge in [-0.15, -0.1) is 0 Å². The number of rotatable bonds is 10. The Hall–Kier alpha value is -1.28. The fraction of sp³-hybridized carbons (Fsp3) is 0.783. The van der Waals surface area contributed by atoms with Crippen LogP contribution in [0.1, 0.15) is 48.0 Å². The van der Waals surface area contributed by atoms with Crippen LogP contribution in [-0.2, 0) is 23.3 Å². The van der Waals surface area contributed by atoms with Crippen LogP contribution in [0.2, 0.25) is 18.1 Å². The number of amides is 2. The molecule has 8 nitrogen and oxygen atoms in total. The van der Waals surface area contributed by atoms with Gasteiger partial charge in [0.25, 0.3) is 0 Å². The minimum absolute atomic E-state index is 0.0278. The van der Waals surface area contributed by atoms with Crippen LogP contribution in [0.15, 0.2) is 11.3 Å². The Balaban J connectivity index is 1.79. The first-order valence-corrected chi connectivity index (χ1v) is 15.3. The molecule has 2 amide bonds. The third kappa shape index (κ3) is 4.93. The molecule has 0 aromatic heterocycles. The van der Waals surface area contributed by atoms with E-state index in [2.05, 4.69) is 37.9 Å². The van der Waals surface area contributed by atoms with Gasteiger partial charge in [-0.3, -0.25) is 14.5 Å². The highest BCUT2D eigenvalue weighted by Crippen LogP contribution is 2.49. The zero-order valence-electron chi connectivity index (χ0n) is 20.8. The van der Waals surface area contributed by atoms with Crippen molar-refractivity contribution in [3.63, 3.8) is 0 Å². The topological polar surface area (TPSA) is 88.2 Å². The summed E-state index contributed by atoms with van der Waals surface area (Å²) >= 11 is 0. The van der Waals surface area contributed by atoms with Crippen molar-refractivity contribution in [2.24, 2.45) is 11.8 Å². The van der Waals surface area contributed by atoms with Crippen molar-refractivity contribution >= 4 is 35.6 Å². The maximum Gasteiger partial charge on any atom is 0.357 e. The molecule has 2 saturated heterocycles. The lowest BCUT2D eigenvalue weighted by Gasteiger charge is -2.49. The van der Waals surface area contributed by atoms with Gasteiger partial charge < -0.3 is 19.2 Å². The van der Waals surface area contributed by atoms with Crippen LogP contribution in [0.3, 0.4) is 0 Å². The van der Waals surface area contributed by atoms with Crippen LogP contribution < -0.4 is 5.32 Å². The van der Waals surface area contributed by atoms with Gasteiger partial charge in [0.05, 0.1) is 27.5 Å². The summed E-state index contributed by atoms with van der Waals surface area (Å²) in [6.45, 7) is 14.4. The summed E-state index contributed by atoms with van der Waals surface area (Å²) in [6, 6.07) is 3.15. The second kappa shape index (κ2) is 10.5. The molecule has 6 atom stereocenters. The molecule has 0 aromatic rings. The Kier molecular flexibility index (Phi) is 8.41. The van der Waals surface area contributed by atoms with E-state index in [9.17, 15) is 14.4 Å². The average molecular weight is 498 g/mol. The lowest BCUT2D eigenvalue weighted by molar-refractivity contribution is -0.161. The number of nitrogens with zero attached hydrogens (tertiary/aromatic N) is 2. The van der Waals surface area contributed by atoms with E-state index in [0.29, 0.717) is 12.2 Å². The molecule has 1 N–H and O–H groups in total. The number of carbonyl (C=O) groups is 3. The lowest BCUT2D eigenvalue weighted by atomic mass is 9.77. The highest BCUT2D eigenvalue weighted by molar-refractivity contribution is 7.10. The van der Waals surface area contributed by atoms with Crippen molar-refractivity contribution in [3.05, 3.63) is 11.3 Å². The molecule has 3 aliphatic heterocycles. The first-order valence-electron chi connectivity index (χ1n) is 12.3. The van der Waals surface area contributed by atoms with Crippen LogP contribution in [0.4, 0.5) is 0 Å². The van der Waals surface area contributed by atoms with Crippen molar-refractivity contribution in [1.29, 1.82) is 0 Å². The molecule has 186 valence electrons. The Morgan fingerprint density at radius 1 is 1.24 bits per heavy atom. The fourth-order valence-electron chi connectivity index (χ4n) is 5.98. The Morgan fingerprint density at radius 3 is 2.42 bits per heavy atom. The quantitative estimate of drug-likeness (QED) is 0.284. The minimum Gasteiger partial charge on any atom is -0.447 e. The highest BCUT2D eigenvalue weighted by atomic mass is 31.0. The van der Waals surface area contributed by atoms with Gasteiger partial charge in [0.15, 0.2) is 8.32 Å². The molecule has 0 radical (unpaired) electrons. The van der Waals surface area contributed by atoms with E-state index in [-0.39, 0.29) is 41.8 Å². The zero-order chi connectivity index (χ0) is 24.5. The number of carbonyl (C=O) groups excluding carboxylic acids is 3. The Labute approximate surface area is 201 Å². The van der Waals surface area contributed by atoms with Gasteiger partial charge in [0.2, 0.25) is 11.8 Å². The maximum absolute atomic E-state index is 13.3. The van der Waals surface area contributed by atoms with Gasteiger partial charge in [-0.05, 0) is 37.0 Å². The van der Waals surface area contributed by atoms with E-state index in [0.717, 1.165) is 43.2 Å². The minimum atomic E-state index is -1.86. The average Bonchev–Trinajstić information content (AvgIpc) is 3.32. The number of nitrogens with one attached hydrogen (secondary N) is 1. The summed E-state index contributed by atoms with van der Waals surface area (Å²) in [5, 5.41) is 2.98. The van der Waals surface area contributed by atoms with Crippen molar-refractivity contribution in [2.75, 3.05) is 19.6 Å². The summed E-state index contributed by atoms with van der Waals surface area (Å²) in [5.41, 5.74) is 1.34. The van der Waals surface area contributed by atoms with Gasteiger partial charge in [0, 0.05) is 38.5 Å². The normalized spacial score (nSPS) is 28.6. The maximum atomic E-state index is 13.3. The predicted octanol–water partition coefficient (Wildman–Crippen LogP) is 2.67. The van der Waals surface area contributed by atoms with E-state index in [1.54, 1.807) is 4.90 Å². The van der Waals surface area contributed by atoms with Crippen LogP contribution in [0.25, 0.3) is 0 Å². The summed E-state index contributed by atoms with van der Waals surface area (Å²) in [4.78, 5) is 41.4. The van der Waals surface area contributed by atoms with Gasteiger partial charge in [0.1, 0.15) is 5.70 Å². The summed E-state index contributed by atoms with van der Waals surface area (Å²) in [5.74, 6) is -0.754. The molecule has 0 saturated carbocycles. The number of likely N-dealkylation sites (tertiary alicyclic amines) is 1. The van der Waals surface area contributed by atoms with Crippen molar-refractivity contribution in [2.45, 2.75) is 84.3 Å². The van der Waals surface area contributed by atoms with E-state index < -0.39 is 14.3 Å². The van der Waals surface area contributed by atoms with E-state index >= 15 is 0 Å². The Morgan fingerprint density at radius 2 is 1.88 bits per heavy atom. The van der Waals surface area contributed by atoms with E-state index in [1.165, 1.54) is 6.92 Å². The molecule has 0 spiro atoms. The second-order valence-corrected chi connectivity index (χ2v) is 14.7. The standard InChI is InChI=1S/C23H40N3O5PSi/c1-7-33(8-2,9-3)31-15(5)19-20-14(4)18(21(23(29)30-32)26(20)22(19)28)13-25-11-10-17(12-25)24-16(6)27/h14-15,17,19-20H,7-13,32H2,1-6H3,(H,24,27)/t14-,15+,17-,19?,20+/m0/s1. The first kappa shape index (κ1) is 26.3. The summed E-state index contributed by atoms with van der Waals surface area (Å²) < 4.78 is 11.7. The van der Waals surface area contributed by atoms with Gasteiger partial charge in [-0.25, -0.2) is 4.79 Å². The molecule has 2 unspecified atom stereocenters. The SMILES string of the molecule is CC[Si](CC)(CC)O[C@H](C)C1C(=O)N2C(C(=O)OP)=C(CN3CC[C@H](NC(C)=O)C3)[C@H](C)[C@H]12. The fourth-order valence-corrected chi connectivity index (χ4v) is 9.02. The van der Waals surface area contributed by atoms with Gasteiger partial charge in [-0.1, -0.05) is 27.7 Å². The van der Waals surface area contributed by atoms with Crippen LogP contribution in [-0.4, -0.2) is 73.7 Å². The third-order valence-corrected chi connectivity index (χ3v) is 13.0. The van der Waals surface area contributed by atoms with E-state index in [1.807, 2.05) is 16.4 Å². The molecule has 0 aromatic carbocycles. The zero-order valence-corrected chi connectivity index (χ0v) is 23.0. The summed E-state index contributed by atoms with van der Waals surface area (Å²) in [6.07, 6.45) is 0.707. The molecular weight excluding hydrogens is 457 g/mol. The molecule has 10 heteroatoms. The molecule has 33 heavy (non-hydrogen) atoms. The van der Waals surface area contributed by atoms with Gasteiger partial charge in [-0.2, -0.15) is 0 Å². The predicted molar refractivity (Wildman–Crippen MR) is 133 cm³/mol. The number of fused-ring (bicyclic) bond motifs is 1. The highest BCUT2D eigenvalue weighted by Gasteiger charge is 2.61. The van der Waals surface area contributed by atoms with Crippen molar-refractivity contribution < 1.29 is 23.3 Å². The molecule has 0 aliphatic carbocycles. The molecule has 3 rings (SSSR count). The summed E-state index contributed by atoms with van der Waals surface area (Å²) in [7, 11) is 0.157. The second-order valence-electron chi connectivity index (χ2n) is 9.78. The lowest BCUT2D eigenvalue weighted by Crippen LogP contribution is -2.65. The first-order chi connectivity index (χ1) is 15.6. The Bertz CT molecular complexity index is 810. The molecule has 3 heterocycles. The largest absolute Gasteiger partial charge is 0.447 e. The van der Waals surface area contributed by atoms with Crippen molar-refractivity contribution in [3.8, 4) is 0 Å². The molecule has 3 aliphatic rings. The third-order valence-electron chi connectivity index (χ3n) is 8.04. The molecule has 0 bridgehead atoms. The van der Waals surface area contributed by atoms with E-state index in [4.69, 9.17) is 8.95 Å². The molecular formula is C23H40N3O5PSi. The molecule has 2 fully saturated rings. The monoisotopic (exact) mass is 497 g/mol. The van der Waals surface area contributed by atoms with Crippen LogP contribution in [0.5, 0.6) is 0 Å². The van der Waals surface area contributed by atoms with Crippen molar-refractivity contribution in [1.82, 2.24) is 15.1 Å². The smallest absolute Gasteiger partial charge is 0.357 e. The number of hydrogen-bond acceptors (Lipinski definition) is 6. The number of β-lactam (4-membered cyclic amide) rings is 1.